The van der Waals surface area contributed by atoms with E-state index >= 15 is 0 Å². The molecule has 11 N–H and O–H groups in total. The molecule has 1 rings (SSSR count). The molecule has 1 aromatic rings. The lowest BCUT2D eigenvalue weighted by Crippen LogP contribution is -2.43. The zero-order chi connectivity index (χ0) is 13.9. The van der Waals surface area contributed by atoms with Gasteiger partial charge in [0.05, 0.1) is 17.1 Å². The molecule has 0 atom stereocenters. The standard InChI is InChI=1S/C8H14N8O2/c9-7(17)15(12)5-1-4(14-11)2-6(3-5)16(13)8(10)18/h1-3,14H,11-13H2,(H2,9,17)(H2,10,18). The fourth-order valence-electron chi connectivity index (χ4n) is 1.21. The van der Waals surface area contributed by atoms with Crippen LogP contribution in [0, 0.1) is 0 Å². The molecule has 0 heterocycles. The lowest BCUT2D eigenvalue weighted by molar-refractivity contribution is 0.253. The van der Waals surface area contributed by atoms with Gasteiger partial charge in [0.25, 0.3) is 0 Å². The van der Waals surface area contributed by atoms with E-state index in [2.05, 4.69) is 5.43 Å². The van der Waals surface area contributed by atoms with Crippen LogP contribution in [0.25, 0.3) is 0 Å². The summed E-state index contributed by atoms with van der Waals surface area (Å²) in [4.78, 5) is 21.9. The van der Waals surface area contributed by atoms with Gasteiger partial charge in [-0.2, -0.15) is 0 Å². The summed E-state index contributed by atoms with van der Waals surface area (Å²) in [5.74, 6) is 16.1. The van der Waals surface area contributed by atoms with Crippen LogP contribution in [0.4, 0.5) is 26.7 Å². The van der Waals surface area contributed by atoms with Crippen LogP contribution in [0.2, 0.25) is 0 Å². The Morgan fingerprint density at radius 3 is 1.61 bits per heavy atom. The average molecular weight is 254 g/mol. The molecule has 0 bridgehead atoms. The first-order chi connectivity index (χ1) is 8.36. The molecule has 0 radical (unpaired) electrons. The maximum absolute atomic E-state index is 10.9. The number of hydrogen-bond donors (Lipinski definition) is 6. The third-order valence-corrected chi connectivity index (χ3v) is 2.10. The van der Waals surface area contributed by atoms with E-state index in [0.717, 1.165) is 0 Å². The maximum Gasteiger partial charge on any atom is 0.333 e. The minimum atomic E-state index is -0.891. The van der Waals surface area contributed by atoms with Gasteiger partial charge in [-0.3, -0.25) is 5.84 Å². The van der Waals surface area contributed by atoms with Crippen LogP contribution in [0.3, 0.4) is 0 Å². The number of carbonyl (C=O) groups is 2. The monoisotopic (exact) mass is 254 g/mol. The van der Waals surface area contributed by atoms with Gasteiger partial charge in [-0.15, -0.1) is 0 Å². The van der Waals surface area contributed by atoms with Crippen molar-refractivity contribution in [3.63, 3.8) is 0 Å². The van der Waals surface area contributed by atoms with E-state index < -0.39 is 12.1 Å². The number of carbonyl (C=O) groups excluding carboxylic acids is 2. The second-order valence-electron chi connectivity index (χ2n) is 3.30. The average Bonchev–Trinajstić information content (AvgIpc) is 2.35. The molecule has 18 heavy (non-hydrogen) atoms. The lowest BCUT2D eigenvalue weighted by atomic mass is 10.2. The van der Waals surface area contributed by atoms with Crippen LogP contribution in [0.15, 0.2) is 18.2 Å². The molecule has 0 saturated carbocycles. The van der Waals surface area contributed by atoms with Gasteiger partial charge in [-0.25, -0.2) is 31.3 Å². The second kappa shape index (κ2) is 5.18. The van der Waals surface area contributed by atoms with E-state index in [9.17, 15) is 9.59 Å². The van der Waals surface area contributed by atoms with Gasteiger partial charge in [0.1, 0.15) is 0 Å². The molecule has 0 spiro atoms. The summed E-state index contributed by atoms with van der Waals surface area (Å²) in [5, 5.41) is 1.33. The molecule has 0 unspecified atom stereocenters. The molecule has 98 valence electrons. The van der Waals surface area contributed by atoms with Crippen LogP contribution in [0.5, 0.6) is 0 Å². The van der Waals surface area contributed by atoms with E-state index in [1.165, 1.54) is 18.2 Å². The normalized spacial score (nSPS) is 9.72. The van der Waals surface area contributed by atoms with Crippen molar-refractivity contribution in [1.29, 1.82) is 0 Å². The third kappa shape index (κ3) is 2.76. The highest BCUT2D eigenvalue weighted by Gasteiger charge is 2.14. The molecule has 0 saturated heterocycles. The number of hydrogen-bond acceptors (Lipinski definition) is 6. The zero-order valence-corrected chi connectivity index (χ0v) is 9.33. The lowest BCUT2D eigenvalue weighted by Gasteiger charge is -2.19. The predicted octanol–water partition coefficient (Wildman–Crippen LogP) is -1.51. The van der Waals surface area contributed by atoms with Crippen LogP contribution in [-0.4, -0.2) is 12.1 Å². The van der Waals surface area contributed by atoms with Gasteiger partial charge in [0.15, 0.2) is 0 Å². The van der Waals surface area contributed by atoms with Gasteiger partial charge in [-0.05, 0) is 18.2 Å². The number of nitrogen functional groups attached to an aromatic ring is 1. The predicted molar refractivity (Wildman–Crippen MR) is 66.8 cm³/mol. The van der Waals surface area contributed by atoms with E-state index in [1.54, 1.807) is 0 Å². The van der Waals surface area contributed by atoms with Gasteiger partial charge < -0.3 is 16.9 Å². The molecule has 0 aliphatic heterocycles. The first kappa shape index (κ1) is 13.5. The second-order valence-corrected chi connectivity index (χ2v) is 3.30. The first-order valence-corrected chi connectivity index (χ1v) is 4.67. The Morgan fingerprint density at radius 1 is 0.944 bits per heavy atom. The van der Waals surface area contributed by atoms with Crippen molar-refractivity contribution in [2.45, 2.75) is 0 Å². The summed E-state index contributed by atoms with van der Waals surface area (Å²) in [6, 6.07) is 2.43. The Kier molecular flexibility index (Phi) is 3.89. The van der Waals surface area contributed by atoms with Crippen molar-refractivity contribution in [3.05, 3.63) is 18.2 Å². The highest BCUT2D eigenvalue weighted by Crippen LogP contribution is 2.25. The van der Waals surface area contributed by atoms with Crippen molar-refractivity contribution < 1.29 is 9.59 Å². The van der Waals surface area contributed by atoms with Gasteiger partial charge in [0, 0.05) is 0 Å². The van der Waals surface area contributed by atoms with Gasteiger partial charge in [-0.1, -0.05) is 0 Å². The number of benzene rings is 1. The quantitative estimate of drug-likeness (QED) is 0.216. The van der Waals surface area contributed by atoms with E-state index in [4.69, 9.17) is 29.0 Å². The van der Waals surface area contributed by atoms with Crippen molar-refractivity contribution in [3.8, 4) is 0 Å². The van der Waals surface area contributed by atoms with Crippen LogP contribution >= 0.6 is 0 Å². The molecule has 10 nitrogen and oxygen atoms in total. The summed E-state index contributed by atoms with van der Waals surface area (Å²) in [6.45, 7) is 0. The first-order valence-electron chi connectivity index (χ1n) is 4.67. The molecule has 4 amide bonds. The third-order valence-electron chi connectivity index (χ3n) is 2.10. The molecular formula is C8H14N8O2. The Morgan fingerprint density at radius 2 is 1.33 bits per heavy atom. The number of nitrogens with two attached hydrogens (primary N) is 5. The van der Waals surface area contributed by atoms with Crippen molar-refractivity contribution in [2.75, 3.05) is 15.4 Å². The Bertz CT molecular complexity index is 438. The van der Waals surface area contributed by atoms with Gasteiger partial charge in [0.2, 0.25) is 0 Å². The molecule has 0 fully saturated rings. The van der Waals surface area contributed by atoms with E-state index in [0.29, 0.717) is 15.7 Å². The number of urea groups is 2. The van der Waals surface area contributed by atoms with Crippen molar-refractivity contribution in [1.82, 2.24) is 0 Å². The number of primary amides is 2. The minimum absolute atomic E-state index is 0.185. The zero-order valence-electron chi connectivity index (χ0n) is 9.33. The highest BCUT2D eigenvalue weighted by molar-refractivity contribution is 5.94. The fourth-order valence-corrected chi connectivity index (χ4v) is 1.21. The molecule has 10 heteroatoms. The Balaban J connectivity index is 3.25. The highest BCUT2D eigenvalue weighted by atomic mass is 16.2. The Hall–Kier alpha value is -2.56. The van der Waals surface area contributed by atoms with E-state index in [1.807, 2.05) is 0 Å². The molecule has 0 aliphatic carbocycles. The van der Waals surface area contributed by atoms with Gasteiger partial charge >= 0.3 is 12.1 Å². The van der Waals surface area contributed by atoms with Crippen LogP contribution in [-0.2, 0) is 0 Å². The van der Waals surface area contributed by atoms with Crippen LogP contribution < -0.4 is 44.4 Å². The Labute approximate surface area is 102 Å². The number of nitrogens with zero attached hydrogens (tertiary/aromatic N) is 2. The maximum atomic E-state index is 10.9. The van der Waals surface area contributed by atoms with Crippen LogP contribution in [0.1, 0.15) is 0 Å². The summed E-state index contributed by atoms with van der Waals surface area (Å²) in [6.07, 6.45) is 0. The summed E-state index contributed by atoms with van der Waals surface area (Å²) in [5.41, 5.74) is 13.1. The summed E-state index contributed by atoms with van der Waals surface area (Å²) >= 11 is 0. The number of amides is 4. The fraction of sp³-hybridized carbons (Fsp3) is 0. The smallest absolute Gasteiger partial charge is 0.333 e. The molecule has 1 aromatic carbocycles. The molecular weight excluding hydrogens is 240 g/mol. The van der Waals surface area contributed by atoms with Crippen molar-refractivity contribution >= 4 is 29.1 Å². The SMILES string of the molecule is NNc1cc(N(N)C(N)=O)cc(N(N)C(N)=O)c1. The topological polar surface area (TPSA) is 183 Å². The number of hydrazine groups is 3. The summed E-state index contributed by atoms with van der Waals surface area (Å²) in [7, 11) is 0. The number of nitrogens with one attached hydrogen (secondary N) is 1. The summed E-state index contributed by atoms with van der Waals surface area (Å²) < 4.78 is 0. The molecule has 0 aromatic heterocycles. The van der Waals surface area contributed by atoms with E-state index in [-0.39, 0.29) is 11.4 Å². The number of anilines is 3. The number of rotatable bonds is 3. The largest absolute Gasteiger partial charge is 0.350 e. The molecule has 0 aliphatic rings. The minimum Gasteiger partial charge on any atom is -0.350 e. The van der Waals surface area contributed by atoms with Crippen molar-refractivity contribution in [2.24, 2.45) is 29.0 Å².